The quantitative estimate of drug-likeness (QED) is 0.601. The van der Waals surface area contributed by atoms with Crippen molar-refractivity contribution < 1.29 is 14.3 Å². The zero-order valence-corrected chi connectivity index (χ0v) is 16.6. The van der Waals surface area contributed by atoms with E-state index in [4.69, 9.17) is 21.1 Å². The van der Waals surface area contributed by atoms with Gasteiger partial charge in [-0.3, -0.25) is 4.79 Å². The summed E-state index contributed by atoms with van der Waals surface area (Å²) in [5, 5.41) is 3.43. The minimum Gasteiger partial charge on any atom is -0.494 e. The highest BCUT2D eigenvalue weighted by Gasteiger charge is 2.13. The van der Waals surface area contributed by atoms with Crippen LogP contribution in [0.4, 0.5) is 0 Å². The molecule has 0 saturated carbocycles. The summed E-state index contributed by atoms with van der Waals surface area (Å²) in [4.78, 5) is 12.2. The summed E-state index contributed by atoms with van der Waals surface area (Å²) >= 11 is 7.65. The Morgan fingerprint density at radius 2 is 1.77 bits per heavy atom. The van der Waals surface area contributed by atoms with E-state index in [9.17, 15) is 4.79 Å². The Hall–Kier alpha value is -1.85. The van der Waals surface area contributed by atoms with Crippen LogP contribution in [0.1, 0.15) is 19.4 Å². The SMILES string of the molecule is CCOc1ccc(OCCSC(C)C(=O)NCc2ccccc2Cl)cc1. The molecule has 26 heavy (non-hydrogen) atoms. The van der Waals surface area contributed by atoms with Gasteiger partial charge in [-0.25, -0.2) is 0 Å². The van der Waals surface area contributed by atoms with Gasteiger partial charge in [0.1, 0.15) is 11.5 Å². The number of thioether (sulfide) groups is 1. The van der Waals surface area contributed by atoms with E-state index in [2.05, 4.69) is 5.32 Å². The third kappa shape index (κ3) is 6.81. The van der Waals surface area contributed by atoms with E-state index < -0.39 is 0 Å². The van der Waals surface area contributed by atoms with Gasteiger partial charge in [-0.2, -0.15) is 0 Å². The zero-order valence-electron chi connectivity index (χ0n) is 15.0. The topological polar surface area (TPSA) is 47.6 Å². The monoisotopic (exact) mass is 393 g/mol. The Morgan fingerprint density at radius 1 is 1.12 bits per heavy atom. The second kappa shape index (κ2) is 11.0. The number of nitrogens with one attached hydrogen (secondary N) is 1. The van der Waals surface area contributed by atoms with Crippen LogP contribution in [0.25, 0.3) is 0 Å². The van der Waals surface area contributed by atoms with Crippen LogP contribution in [-0.2, 0) is 11.3 Å². The summed E-state index contributed by atoms with van der Waals surface area (Å²) in [5.41, 5.74) is 0.915. The van der Waals surface area contributed by atoms with Crippen molar-refractivity contribution >= 4 is 29.3 Å². The lowest BCUT2D eigenvalue weighted by Gasteiger charge is -2.13. The number of hydrogen-bond donors (Lipinski definition) is 1. The molecule has 0 fully saturated rings. The predicted molar refractivity (Wildman–Crippen MR) is 108 cm³/mol. The number of ether oxygens (including phenoxy) is 2. The van der Waals surface area contributed by atoms with Crippen LogP contribution >= 0.6 is 23.4 Å². The maximum atomic E-state index is 12.2. The minimum absolute atomic E-state index is 0.00372. The Bertz CT molecular complexity index is 694. The number of carbonyl (C=O) groups excluding carboxylic acids is 1. The fourth-order valence-electron chi connectivity index (χ4n) is 2.23. The molecule has 0 aliphatic rings. The summed E-state index contributed by atoms with van der Waals surface area (Å²) in [6.45, 7) is 5.47. The maximum absolute atomic E-state index is 12.2. The van der Waals surface area contributed by atoms with Crippen LogP contribution in [0.5, 0.6) is 11.5 Å². The lowest BCUT2D eigenvalue weighted by atomic mass is 10.2. The number of rotatable bonds is 10. The lowest BCUT2D eigenvalue weighted by Crippen LogP contribution is -2.31. The first-order valence-electron chi connectivity index (χ1n) is 8.58. The van der Waals surface area contributed by atoms with Gasteiger partial charge < -0.3 is 14.8 Å². The molecule has 4 nitrogen and oxygen atoms in total. The number of carbonyl (C=O) groups is 1. The van der Waals surface area contributed by atoms with Gasteiger partial charge in [0.25, 0.3) is 0 Å². The number of hydrogen-bond acceptors (Lipinski definition) is 4. The maximum Gasteiger partial charge on any atom is 0.233 e. The van der Waals surface area contributed by atoms with E-state index in [1.54, 1.807) is 11.8 Å². The molecule has 0 aliphatic heterocycles. The molecule has 0 spiro atoms. The van der Waals surface area contributed by atoms with Gasteiger partial charge in [-0.15, -0.1) is 11.8 Å². The molecule has 0 saturated heterocycles. The summed E-state index contributed by atoms with van der Waals surface area (Å²) < 4.78 is 11.1. The number of amides is 1. The molecule has 1 amide bonds. The van der Waals surface area contributed by atoms with Crippen molar-refractivity contribution in [2.24, 2.45) is 0 Å². The molecule has 2 aromatic rings. The molecule has 0 radical (unpaired) electrons. The first kappa shape index (κ1) is 20.5. The van der Waals surface area contributed by atoms with Gasteiger partial charge >= 0.3 is 0 Å². The Morgan fingerprint density at radius 3 is 2.42 bits per heavy atom. The third-order valence-corrected chi connectivity index (χ3v) is 5.12. The molecule has 0 aromatic heterocycles. The molecule has 1 atom stereocenters. The number of benzene rings is 2. The zero-order chi connectivity index (χ0) is 18.8. The van der Waals surface area contributed by atoms with E-state index >= 15 is 0 Å². The van der Waals surface area contributed by atoms with Crippen molar-refractivity contribution in [3.8, 4) is 11.5 Å². The number of halogens is 1. The van der Waals surface area contributed by atoms with Crippen LogP contribution in [0.15, 0.2) is 48.5 Å². The molecule has 1 N–H and O–H groups in total. The first-order chi connectivity index (χ1) is 12.6. The third-order valence-electron chi connectivity index (χ3n) is 3.63. The molecule has 6 heteroatoms. The van der Waals surface area contributed by atoms with Crippen LogP contribution in [0.3, 0.4) is 0 Å². The second-order valence-corrected chi connectivity index (χ2v) is 7.43. The fraction of sp³-hybridized carbons (Fsp3) is 0.350. The Kier molecular flexibility index (Phi) is 8.65. The van der Waals surface area contributed by atoms with Crippen molar-refractivity contribution in [2.45, 2.75) is 25.6 Å². The molecule has 0 heterocycles. The normalized spacial score (nSPS) is 11.7. The first-order valence-corrected chi connectivity index (χ1v) is 10.0. The molecule has 0 bridgehead atoms. The summed E-state index contributed by atoms with van der Waals surface area (Å²) in [7, 11) is 0. The Labute approximate surface area is 164 Å². The average Bonchev–Trinajstić information content (AvgIpc) is 2.65. The van der Waals surface area contributed by atoms with Gasteiger partial charge in [-0.05, 0) is 49.7 Å². The fourth-order valence-corrected chi connectivity index (χ4v) is 3.20. The van der Waals surface area contributed by atoms with Gasteiger partial charge in [-0.1, -0.05) is 29.8 Å². The standard InChI is InChI=1S/C20H24ClNO3S/c1-3-24-17-8-10-18(11-9-17)25-12-13-26-15(2)20(23)22-14-16-6-4-5-7-19(16)21/h4-11,15H,3,12-14H2,1-2H3,(H,22,23). The van der Waals surface area contributed by atoms with Crippen LogP contribution < -0.4 is 14.8 Å². The average molecular weight is 394 g/mol. The molecule has 2 rings (SSSR count). The van der Waals surface area contributed by atoms with Crippen LogP contribution in [0, 0.1) is 0 Å². The van der Waals surface area contributed by atoms with Crippen LogP contribution in [-0.4, -0.2) is 30.1 Å². The summed E-state index contributed by atoms with van der Waals surface area (Å²) in [5.74, 6) is 2.35. The van der Waals surface area contributed by atoms with E-state index in [1.807, 2.05) is 62.4 Å². The lowest BCUT2D eigenvalue weighted by molar-refractivity contribution is -0.120. The van der Waals surface area contributed by atoms with E-state index in [-0.39, 0.29) is 11.2 Å². The second-order valence-electron chi connectivity index (χ2n) is 5.58. The van der Waals surface area contributed by atoms with Crippen molar-refractivity contribution in [2.75, 3.05) is 19.0 Å². The molecule has 2 aromatic carbocycles. The van der Waals surface area contributed by atoms with Gasteiger partial charge in [0, 0.05) is 17.3 Å². The summed E-state index contributed by atoms with van der Waals surface area (Å²) in [6.07, 6.45) is 0. The van der Waals surface area contributed by atoms with Crippen LogP contribution in [0.2, 0.25) is 5.02 Å². The largest absolute Gasteiger partial charge is 0.494 e. The highest BCUT2D eigenvalue weighted by Crippen LogP contribution is 2.19. The predicted octanol–water partition coefficient (Wildman–Crippen LogP) is 4.56. The van der Waals surface area contributed by atoms with E-state index in [0.29, 0.717) is 24.8 Å². The molecule has 140 valence electrons. The highest BCUT2D eigenvalue weighted by atomic mass is 35.5. The van der Waals surface area contributed by atoms with Crippen molar-refractivity contribution in [1.82, 2.24) is 5.32 Å². The van der Waals surface area contributed by atoms with Gasteiger partial charge in [0.15, 0.2) is 0 Å². The minimum atomic E-state index is -0.151. The molecule has 0 aliphatic carbocycles. The van der Waals surface area contributed by atoms with E-state index in [1.165, 1.54) is 0 Å². The smallest absolute Gasteiger partial charge is 0.233 e. The molecular formula is C20H24ClNO3S. The summed E-state index contributed by atoms with van der Waals surface area (Å²) in [6, 6.07) is 15.0. The molecular weight excluding hydrogens is 370 g/mol. The van der Waals surface area contributed by atoms with Crippen molar-refractivity contribution in [3.05, 3.63) is 59.1 Å². The van der Waals surface area contributed by atoms with Gasteiger partial charge in [0.05, 0.1) is 18.5 Å². The van der Waals surface area contributed by atoms with Crippen molar-refractivity contribution in [1.29, 1.82) is 0 Å². The van der Waals surface area contributed by atoms with E-state index in [0.717, 1.165) is 22.8 Å². The van der Waals surface area contributed by atoms with Crippen molar-refractivity contribution in [3.63, 3.8) is 0 Å². The molecule has 1 unspecified atom stereocenters. The van der Waals surface area contributed by atoms with Gasteiger partial charge in [0.2, 0.25) is 5.91 Å². The highest BCUT2D eigenvalue weighted by molar-refractivity contribution is 8.00. The Balaban J connectivity index is 1.65.